The third-order valence-electron chi connectivity index (χ3n) is 6.36. The summed E-state index contributed by atoms with van der Waals surface area (Å²) in [6.07, 6.45) is -6.49. The van der Waals surface area contributed by atoms with Crippen LogP contribution in [0.3, 0.4) is 0 Å². The minimum Gasteiger partial charge on any atom is -0.389 e. The van der Waals surface area contributed by atoms with Gasteiger partial charge in [0.25, 0.3) is 5.91 Å². The highest BCUT2D eigenvalue weighted by Crippen LogP contribution is 2.33. The summed E-state index contributed by atoms with van der Waals surface area (Å²) in [5, 5.41) is 21.1. The van der Waals surface area contributed by atoms with Crippen molar-refractivity contribution in [3.63, 3.8) is 0 Å². The first-order valence-electron chi connectivity index (χ1n) is 11.7. The van der Waals surface area contributed by atoms with E-state index in [4.69, 9.17) is 0 Å². The number of β-amino-alcohol motifs (C(OH)–C–C–N with tert-alkyl or cyclic N) is 2. The van der Waals surface area contributed by atoms with Gasteiger partial charge in [0, 0.05) is 31.4 Å². The molecule has 1 aliphatic rings. The number of hydrogen-bond acceptors (Lipinski definition) is 6. The van der Waals surface area contributed by atoms with Gasteiger partial charge >= 0.3 is 6.18 Å². The van der Waals surface area contributed by atoms with Crippen molar-refractivity contribution < 1.29 is 41.4 Å². The lowest BCUT2D eigenvalue weighted by atomic mass is 9.86. The fourth-order valence-electron chi connectivity index (χ4n) is 4.42. The maximum atomic E-state index is 14.9. The predicted octanol–water partition coefficient (Wildman–Crippen LogP) is 3.05. The Bertz CT molecular complexity index is 1450. The van der Waals surface area contributed by atoms with Crippen molar-refractivity contribution in [1.82, 2.24) is 14.9 Å². The van der Waals surface area contributed by atoms with Gasteiger partial charge in [0.05, 0.1) is 17.6 Å². The van der Waals surface area contributed by atoms with Gasteiger partial charge in [-0.3, -0.25) is 14.2 Å². The monoisotopic (exact) mass is 558 g/mol. The van der Waals surface area contributed by atoms with Crippen molar-refractivity contribution in [2.75, 3.05) is 18.0 Å². The van der Waals surface area contributed by atoms with Gasteiger partial charge in [-0.2, -0.15) is 13.2 Å². The maximum absolute atomic E-state index is 14.9. The number of rotatable bonds is 4. The number of hydrogen-bond donors (Lipinski definition) is 3. The van der Waals surface area contributed by atoms with Crippen LogP contribution in [0.2, 0.25) is 0 Å². The highest BCUT2D eigenvalue weighted by Gasteiger charge is 2.48. The van der Waals surface area contributed by atoms with Crippen molar-refractivity contribution >= 4 is 22.8 Å². The molecule has 1 amide bonds. The quantitative estimate of drug-likeness (QED) is 0.425. The molecule has 14 heteroatoms. The van der Waals surface area contributed by atoms with Gasteiger partial charge in [0.2, 0.25) is 5.43 Å². The van der Waals surface area contributed by atoms with E-state index in [0.717, 1.165) is 6.07 Å². The molecule has 0 aliphatic carbocycles. The lowest BCUT2D eigenvalue weighted by molar-refractivity contribution is -0.174. The van der Waals surface area contributed by atoms with Crippen molar-refractivity contribution in [3.8, 4) is 5.69 Å². The number of anilines is 1. The third-order valence-corrected chi connectivity index (χ3v) is 6.36. The van der Waals surface area contributed by atoms with Crippen LogP contribution in [0, 0.1) is 22.9 Å². The number of fused-ring (bicyclic) bond motifs is 1. The van der Waals surface area contributed by atoms with Gasteiger partial charge in [-0.15, -0.1) is 0 Å². The van der Waals surface area contributed by atoms with E-state index >= 15 is 0 Å². The first kappa shape index (κ1) is 28.4. The van der Waals surface area contributed by atoms with Gasteiger partial charge in [-0.05, 0) is 17.5 Å². The average Bonchev–Trinajstić information content (AvgIpc) is 3.14. The molecule has 1 fully saturated rings. The number of carbonyl (C=O) groups excluding carboxylic acids is 1. The highest BCUT2D eigenvalue weighted by molar-refractivity contribution is 5.97. The van der Waals surface area contributed by atoms with Crippen LogP contribution in [0.4, 0.5) is 32.2 Å². The molecular weight excluding hydrogens is 534 g/mol. The lowest BCUT2D eigenvalue weighted by Gasteiger charge is -2.33. The van der Waals surface area contributed by atoms with Crippen LogP contribution in [0.5, 0.6) is 0 Å². The molecular formula is C25H24F6N4O4. The Balaban J connectivity index is 1.95. The Labute approximate surface area is 217 Å². The lowest BCUT2D eigenvalue weighted by Crippen LogP contribution is -2.53. The molecule has 3 aromatic rings. The van der Waals surface area contributed by atoms with E-state index in [1.54, 1.807) is 5.32 Å². The van der Waals surface area contributed by atoms with Crippen LogP contribution in [0.15, 0.2) is 35.3 Å². The molecule has 1 saturated heterocycles. The standard InChI is InChI=1S/C25H24F6N4O4/c1-24(2,3)23(25(29,30)31)33-22(39)13-8-35(19-14(27)6-11(26)7-15(19)28)21-12(20(13)38)4-5-18(32-21)34-9-16(36)17(37)10-34/h4-8,16-17,23,36-37H,9-10H2,1-3H3,(H,33,39)/t16-,17-,23?/m1/s1. The number of aromatic nitrogens is 2. The number of aliphatic hydroxyl groups excluding tert-OH is 2. The Kier molecular flexibility index (Phi) is 7.15. The molecule has 3 N–H and O–H groups in total. The fourth-order valence-corrected chi connectivity index (χ4v) is 4.42. The molecule has 210 valence electrons. The molecule has 0 radical (unpaired) electrons. The highest BCUT2D eigenvalue weighted by atomic mass is 19.4. The van der Waals surface area contributed by atoms with Gasteiger partial charge in [-0.25, -0.2) is 18.2 Å². The molecule has 4 rings (SSSR count). The zero-order chi connectivity index (χ0) is 29.0. The van der Waals surface area contributed by atoms with Crippen molar-refractivity contribution in [3.05, 3.63) is 63.7 Å². The van der Waals surface area contributed by atoms with Crippen molar-refractivity contribution in [2.45, 2.75) is 45.2 Å². The number of halogens is 6. The molecule has 3 heterocycles. The van der Waals surface area contributed by atoms with E-state index in [-0.39, 0.29) is 24.3 Å². The van der Waals surface area contributed by atoms with E-state index in [2.05, 4.69) is 4.98 Å². The SMILES string of the molecule is CC(C)(C)C(NC(=O)c1cn(-c2c(F)cc(F)cc2F)c2nc(N3C[C@@H](O)[C@H](O)C3)ccc2c1=O)C(F)(F)F. The summed E-state index contributed by atoms with van der Waals surface area (Å²) in [6.45, 7) is 3.56. The molecule has 1 aliphatic heterocycles. The number of nitrogens with one attached hydrogen (secondary N) is 1. The largest absolute Gasteiger partial charge is 0.409 e. The topological polar surface area (TPSA) is 108 Å². The number of benzene rings is 1. The van der Waals surface area contributed by atoms with Gasteiger partial charge in [0.1, 0.15) is 28.9 Å². The van der Waals surface area contributed by atoms with Crippen LogP contribution >= 0.6 is 0 Å². The van der Waals surface area contributed by atoms with E-state index < -0.39 is 75.5 Å². The summed E-state index contributed by atoms with van der Waals surface area (Å²) in [6, 6.07) is 0.741. The summed E-state index contributed by atoms with van der Waals surface area (Å²) in [5.41, 5.74) is -4.80. The number of carbonyl (C=O) groups is 1. The molecule has 8 nitrogen and oxygen atoms in total. The predicted molar refractivity (Wildman–Crippen MR) is 128 cm³/mol. The second kappa shape index (κ2) is 9.83. The second-order valence-electron chi connectivity index (χ2n) is 10.4. The Morgan fingerprint density at radius 1 is 1.05 bits per heavy atom. The minimum absolute atomic E-state index is 0.0602. The Morgan fingerprint density at radius 2 is 1.62 bits per heavy atom. The summed E-state index contributed by atoms with van der Waals surface area (Å²) >= 11 is 0. The second-order valence-corrected chi connectivity index (χ2v) is 10.4. The summed E-state index contributed by atoms with van der Waals surface area (Å²) < 4.78 is 85.1. The van der Waals surface area contributed by atoms with E-state index in [1.807, 2.05) is 0 Å². The molecule has 2 aromatic heterocycles. The van der Waals surface area contributed by atoms with Gasteiger partial charge < -0.3 is 20.4 Å². The summed E-state index contributed by atoms with van der Waals surface area (Å²) in [4.78, 5) is 31.9. The minimum atomic E-state index is -4.89. The average molecular weight is 558 g/mol. The number of pyridine rings is 2. The Hall–Kier alpha value is -3.65. The first-order chi connectivity index (χ1) is 18.0. The smallest absolute Gasteiger partial charge is 0.389 e. The van der Waals surface area contributed by atoms with Crippen molar-refractivity contribution in [2.24, 2.45) is 5.41 Å². The van der Waals surface area contributed by atoms with E-state index in [0.29, 0.717) is 22.9 Å². The fraction of sp³-hybridized carbons (Fsp3) is 0.400. The van der Waals surface area contributed by atoms with Crippen LogP contribution < -0.4 is 15.6 Å². The number of amides is 1. The molecule has 0 spiro atoms. The molecule has 39 heavy (non-hydrogen) atoms. The van der Waals surface area contributed by atoms with E-state index in [1.165, 1.54) is 31.7 Å². The number of nitrogens with zero attached hydrogens (tertiary/aromatic N) is 3. The zero-order valence-corrected chi connectivity index (χ0v) is 20.9. The molecule has 3 atom stereocenters. The van der Waals surface area contributed by atoms with Gasteiger partial charge in [0.15, 0.2) is 17.3 Å². The molecule has 1 aromatic carbocycles. The van der Waals surface area contributed by atoms with E-state index in [9.17, 15) is 46.1 Å². The van der Waals surface area contributed by atoms with Crippen LogP contribution in [-0.2, 0) is 0 Å². The van der Waals surface area contributed by atoms with Crippen LogP contribution in [0.25, 0.3) is 16.7 Å². The zero-order valence-electron chi connectivity index (χ0n) is 20.9. The van der Waals surface area contributed by atoms with Crippen LogP contribution in [0.1, 0.15) is 31.1 Å². The third kappa shape index (κ3) is 5.43. The van der Waals surface area contributed by atoms with Crippen LogP contribution in [-0.4, -0.2) is 63.2 Å². The molecule has 0 bridgehead atoms. The first-order valence-corrected chi connectivity index (χ1v) is 11.7. The summed E-state index contributed by atoms with van der Waals surface area (Å²) in [7, 11) is 0. The number of aliphatic hydroxyl groups is 2. The van der Waals surface area contributed by atoms with Crippen molar-refractivity contribution in [1.29, 1.82) is 0 Å². The normalized spacial score (nSPS) is 19.0. The maximum Gasteiger partial charge on any atom is 0.409 e. The summed E-state index contributed by atoms with van der Waals surface area (Å²) in [5.74, 6) is -5.51. The van der Waals surface area contributed by atoms with Gasteiger partial charge in [-0.1, -0.05) is 20.8 Å². The molecule has 0 saturated carbocycles. The Morgan fingerprint density at radius 3 is 2.13 bits per heavy atom. The number of alkyl halides is 3. The molecule has 1 unspecified atom stereocenters.